The number of benzene rings is 3. The maximum Gasteiger partial charge on any atom is 0.282 e. The van der Waals surface area contributed by atoms with Gasteiger partial charge in [-0.1, -0.05) is 46.1 Å². The van der Waals surface area contributed by atoms with E-state index in [9.17, 15) is 9.59 Å². The summed E-state index contributed by atoms with van der Waals surface area (Å²) in [5.41, 5.74) is 1.45. The van der Waals surface area contributed by atoms with E-state index >= 15 is 0 Å². The van der Waals surface area contributed by atoms with E-state index < -0.39 is 0 Å². The molecule has 0 spiro atoms. The average molecular weight is 604 g/mol. The van der Waals surface area contributed by atoms with E-state index in [1.807, 2.05) is 13.0 Å². The Morgan fingerprint density at radius 2 is 1.92 bits per heavy atom. The zero-order valence-electron chi connectivity index (χ0n) is 19.8. The topological polar surface area (TPSA) is 94.8 Å². The molecule has 1 heterocycles. The molecule has 4 aromatic rings. The minimum absolute atomic E-state index is 0.205. The lowest BCUT2D eigenvalue weighted by molar-refractivity contribution is -0.118. The Morgan fingerprint density at radius 1 is 1.16 bits per heavy atom. The van der Waals surface area contributed by atoms with Crippen molar-refractivity contribution in [2.24, 2.45) is 5.10 Å². The summed E-state index contributed by atoms with van der Waals surface area (Å²) in [6, 6.07) is 15.3. The number of nitrogens with one attached hydrogen (secondary N) is 1. The molecule has 0 unspecified atom stereocenters. The maximum atomic E-state index is 13.1. The molecule has 1 amide bonds. The number of hydrogen-bond donors (Lipinski definition) is 1. The fourth-order valence-electron chi connectivity index (χ4n) is 3.49. The van der Waals surface area contributed by atoms with E-state index in [4.69, 9.17) is 32.7 Å². The Kier molecular flexibility index (Phi) is 8.48. The molecule has 3 aromatic carbocycles. The van der Waals surface area contributed by atoms with Crippen LogP contribution in [-0.4, -0.2) is 35.5 Å². The fraction of sp³-hybridized carbons (Fsp3) is 0.154. The van der Waals surface area contributed by atoms with Gasteiger partial charge in [0.15, 0.2) is 18.1 Å². The van der Waals surface area contributed by atoms with E-state index in [0.29, 0.717) is 45.2 Å². The Balaban J connectivity index is 1.56. The maximum absolute atomic E-state index is 13.1. The molecule has 0 aliphatic carbocycles. The second-order valence-corrected chi connectivity index (χ2v) is 9.54. The molecule has 1 N–H and O–H groups in total. The van der Waals surface area contributed by atoms with Gasteiger partial charge in [-0.3, -0.25) is 9.59 Å². The molecule has 11 heteroatoms. The predicted molar refractivity (Wildman–Crippen MR) is 150 cm³/mol. The summed E-state index contributed by atoms with van der Waals surface area (Å²) in [6.45, 7) is 1.60. The van der Waals surface area contributed by atoms with Crippen molar-refractivity contribution in [3.05, 3.63) is 90.9 Å². The highest BCUT2D eigenvalue weighted by Gasteiger charge is 2.15. The normalized spacial score (nSPS) is 11.2. The summed E-state index contributed by atoms with van der Waals surface area (Å²) in [6.07, 6.45) is 1.99. The number of anilines is 1. The van der Waals surface area contributed by atoms with E-state index in [2.05, 4.69) is 31.3 Å². The van der Waals surface area contributed by atoms with Crippen molar-refractivity contribution in [3.8, 4) is 11.5 Å². The zero-order valence-corrected chi connectivity index (χ0v) is 22.9. The molecule has 190 valence electrons. The molecule has 0 atom stereocenters. The molecule has 0 aliphatic heterocycles. The van der Waals surface area contributed by atoms with Crippen LogP contribution < -0.4 is 20.3 Å². The SMILES string of the molecule is CCc1nc2ccc(Br)cc2c(=O)n1N=Cc1cc(Cl)c(OCC(=O)Nc2ccc(Cl)cc2)c(OC)c1. The van der Waals surface area contributed by atoms with Crippen molar-refractivity contribution in [1.82, 2.24) is 9.66 Å². The van der Waals surface area contributed by atoms with Gasteiger partial charge in [-0.2, -0.15) is 9.78 Å². The number of ether oxygens (including phenoxy) is 2. The van der Waals surface area contributed by atoms with Crippen LogP contribution in [0.3, 0.4) is 0 Å². The van der Waals surface area contributed by atoms with E-state index in [-0.39, 0.29) is 28.8 Å². The standard InChI is InChI=1S/C26H21BrCl2N4O4/c1-3-23-32-21-9-4-16(27)12-19(21)26(35)33(23)30-13-15-10-20(29)25(22(11-15)36-2)37-14-24(34)31-18-7-5-17(28)6-8-18/h4-13H,3,14H2,1-2H3,(H,31,34). The minimum atomic E-state index is -0.381. The molecule has 0 radical (unpaired) electrons. The van der Waals surface area contributed by atoms with Crippen molar-refractivity contribution >= 4 is 67.8 Å². The summed E-state index contributed by atoms with van der Waals surface area (Å²) in [4.78, 5) is 30.0. The Labute approximate surface area is 231 Å². The Hall–Kier alpha value is -3.40. The Morgan fingerprint density at radius 3 is 2.62 bits per heavy atom. The third-order valence-corrected chi connectivity index (χ3v) is 6.27. The zero-order chi connectivity index (χ0) is 26.5. The largest absolute Gasteiger partial charge is 0.493 e. The molecule has 0 aliphatic rings. The number of rotatable bonds is 8. The molecule has 37 heavy (non-hydrogen) atoms. The van der Waals surface area contributed by atoms with E-state index in [0.717, 1.165) is 4.47 Å². The Bertz CT molecular complexity index is 1560. The third kappa shape index (κ3) is 6.30. The lowest BCUT2D eigenvalue weighted by atomic mass is 10.2. The molecule has 0 saturated carbocycles. The molecule has 4 rings (SSSR count). The van der Waals surface area contributed by atoms with Crippen molar-refractivity contribution in [1.29, 1.82) is 0 Å². The summed E-state index contributed by atoms with van der Waals surface area (Å²) in [5, 5.41) is 8.30. The van der Waals surface area contributed by atoms with Crippen molar-refractivity contribution in [2.45, 2.75) is 13.3 Å². The van der Waals surface area contributed by atoms with Gasteiger partial charge in [0.1, 0.15) is 5.82 Å². The molecule has 8 nitrogen and oxygen atoms in total. The van der Waals surface area contributed by atoms with Crippen LogP contribution in [-0.2, 0) is 11.2 Å². The number of carbonyl (C=O) groups excluding carboxylic acids is 1. The number of aromatic nitrogens is 2. The average Bonchev–Trinajstić information content (AvgIpc) is 2.88. The predicted octanol–water partition coefficient (Wildman–Crippen LogP) is 5.94. The van der Waals surface area contributed by atoms with Crippen LogP contribution in [0.25, 0.3) is 10.9 Å². The number of halogens is 3. The lowest BCUT2D eigenvalue weighted by Crippen LogP contribution is -2.22. The number of nitrogens with zero attached hydrogens (tertiary/aromatic N) is 3. The highest BCUT2D eigenvalue weighted by Crippen LogP contribution is 2.36. The fourth-order valence-corrected chi connectivity index (χ4v) is 4.25. The van der Waals surface area contributed by atoms with E-state index in [1.165, 1.54) is 18.0 Å². The van der Waals surface area contributed by atoms with Gasteiger partial charge in [-0.15, -0.1) is 0 Å². The van der Waals surface area contributed by atoms with Crippen LogP contribution >= 0.6 is 39.1 Å². The van der Waals surface area contributed by atoms with Crippen LogP contribution in [0.1, 0.15) is 18.3 Å². The number of amides is 1. The van der Waals surface area contributed by atoms with Crippen LogP contribution in [0.2, 0.25) is 10.0 Å². The second-order valence-electron chi connectivity index (χ2n) is 7.78. The number of hydrogen-bond acceptors (Lipinski definition) is 6. The number of fused-ring (bicyclic) bond motifs is 1. The molecule has 1 aromatic heterocycles. The quantitative estimate of drug-likeness (QED) is 0.252. The van der Waals surface area contributed by atoms with Gasteiger partial charge in [0.25, 0.3) is 11.5 Å². The second kappa shape index (κ2) is 11.8. The van der Waals surface area contributed by atoms with Gasteiger partial charge in [-0.25, -0.2) is 4.98 Å². The monoisotopic (exact) mass is 602 g/mol. The van der Waals surface area contributed by atoms with Crippen molar-refractivity contribution in [3.63, 3.8) is 0 Å². The van der Waals surface area contributed by atoms with Gasteiger partial charge in [0.2, 0.25) is 0 Å². The number of carbonyl (C=O) groups is 1. The van der Waals surface area contributed by atoms with Crippen LogP contribution in [0.5, 0.6) is 11.5 Å². The smallest absolute Gasteiger partial charge is 0.282 e. The highest BCUT2D eigenvalue weighted by atomic mass is 79.9. The summed E-state index contributed by atoms with van der Waals surface area (Å²) >= 11 is 15.7. The molecular formula is C26H21BrCl2N4O4. The van der Waals surface area contributed by atoms with Gasteiger partial charge < -0.3 is 14.8 Å². The molecule has 0 fully saturated rings. The van der Waals surface area contributed by atoms with Crippen LogP contribution in [0.4, 0.5) is 5.69 Å². The minimum Gasteiger partial charge on any atom is -0.493 e. The van der Waals surface area contributed by atoms with Crippen LogP contribution in [0.15, 0.2) is 69.0 Å². The third-order valence-electron chi connectivity index (χ3n) is 5.24. The summed E-state index contributed by atoms with van der Waals surface area (Å²) in [5.74, 6) is 0.641. The summed E-state index contributed by atoms with van der Waals surface area (Å²) < 4.78 is 13.1. The molecule has 0 bridgehead atoms. The lowest BCUT2D eigenvalue weighted by Gasteiger charge is -2.13. The first-order chi connectivity index (χ1) is 17.8. The van der Waals surface area contributed by atoms with Crippen molar-refractivity contribution < 1.29 is 14.3 Å². The number of aryl methyl sites for hydroxylation is 1. The van der Waals surface area contributed by atoms with Gasteiger partial charge in [0, 0.05) is 21.6 Å². The first kappa shape index (κ1) is 26.7. The van der Waals surface area contributed by atoms with E-state index in [1.54, 1.807) is 48.5 Å². The first-order valence-electron chi connectivity index (χ1n) is 11.1. The highest BCUT2D eigenvalue weighted by molar-refractivity contribution is 9.10. The van der Waals surface area contributed by atoms with Crippen LogP contribution in [0, 0.1) is 0 Å². The van der Waals surface area contributed by atoms with Gasteiger partial charge in [-0.05, 0) is 60.2 Å². The van der Waals surface area contributed by atoms with Gasteiger partial charge >= 0.3 is 0 Å². The number of methoxy groups -OCH3 is 1. The molecular weight excluding hydrogens is 583 g/mol. The van der Waals surface area contributed by atoms with Gasteiger partial charge in [0.05, 0.1) is 29.2 Å². The first-order valence-corrected chi connectivity index (χ1v) is 12.6. The summed E-state index contributed by atoms with van der Waals surface area (Å²) in [7, 11) is 1.46. The van der Waals surface area contributed by atoms with Crippen molar-refractivity contribution in [2.75, 3.05) is 19.0 Å². The molecule has 0 saturated heterocycles.